The number of pyridine rings is 1. The smallest absolute Gasteiger partial charge is 0.228 e. The molecular weight excluding hydrogens is 399 g/mol. The average Bonchev–Trinajstić information content (AvgIpc) is 2.68. The lowest BCUT2D eigenvalue weighted by molar-refractivity contribution is -0.117. The number of aromatic nitrogens is 1. The number of carbonyl (C=O) groups is 2. The fourth-order valence-electron chi connectivity index (χ4n) is 1.94. The first-order valence-corrected chi connectivity index (χ1v) is 8.16. The number of amides is 1. The summed E-state index contributed by atoms with van der Waals surface area (Å²) in [5.41, 5.74) is 0. The van der Waals surface area contributed by atoms with Gasteiger partial charge in [0.05, 0.1) is 8.59 Å². The predicted molar refractivity (Wildman–Crippen MR) is 85.6 cm³/mol. The highest BCUT2D eigenvalue weighted by Crippen LogP contribution is 2.30. The third kappa shape index (κ3) is 3.82. The molecule has 0 aliphatic carbocycles. The number of hydrogen-bond donors (Lipinski definition) is 0. The third-order valence-electron chi connectivity index (χ3n) is 2.77. The second kappa shape index (κ2) is 6.41. The van der Waals surface area contributed by atoms with E-state index in [1.807, 2.05) is 0 Å². The zero-order valence-corrected chi connectivity index (χ0v) is 14.0. The van der Waals surface area contributed by atoms with Crippen LogP contribution in [0.5, 0.6) is 0 Å². The lowest BCUT2D eigenvalue weighted by Gasteiger charge is -2.17. The van der Waals surface area contributed by atoms with Crippen LogP contribution in [0.25, 0.3) is 0 Å². The maximum Gasteiger partial charge on any atom is 0.228 e. The fourth-order valence-corrected chi connectivity index (χ4v) is 3.74. The molecule has 0 saturated carbocycles. The summed E-state index contributed by atoms with van der Waals surface area (Å²) in [6, 6.07) is 1.79. The van der Waals surface area contributed by atoms with Gasteiger partial charge in [-0.1, -0.05) is 23.4 Å². The predicted octanol–water partition coefficient (Wildman–Crippen LogP) is 2.97. The molecule has 2 heterocycles. The van der Waals surface area contributed by atoms with Gasteiger partial charge in [-0.3, -0.25) is 14.5 Å². The van der Waals surface area contributed by atoms with Crippen molar-refractivity contribution in [3.63, 3.8) is 0 Å². The Bertz CT molecular complexity index is 526. The van der Waals surface area contributed by atoms with Crippen molar-refractivity contribution in [3.05, 3.63) is 20.9 Å². The number of hydrogen-bond acceptors (Lipinski definition) is 4. The van der Waals surface area contributed by atoms with E-state index in [2.05, 4.69) is 27.6 Å². The lowest BCUT2D eigenvalue weighted by atomic mass is 10.1. The summed E-state index contributed by atoms with van der Waals surface area (Å²) in [6.45, 7) is 2.16. The van der Waals surface area contributed by atoms with E-state index < -0.39 is 0 Å². The minimum absolute atomic E-state index is 0.0573. The van der Waals surface area contributed by atoms with E-state index in [1.165, 1.54) is 11.8 Å². The van der Waals surface area contributed by atoms with Crippen molar-refractivity contribution < 1.29 is 9.59 Å². The second-order valence-corrected chi connectivity index (χ2v) is 7.13. The van der Waals surface area contributed by atoms with E-state index in [0.29, 0.717) is 29.6 Å². The molecule has 0 radical (unpaired) electrons. The van der Waals surface area contributed by atoms with Crippen LogP contribution in [0.2, 0.25) is 5.02 Å². The molecule has 19 heavy (non-hydrogen) atoms. The van der Waals surface area contributed by atoms with E-state index in [0.717, 1.165) is 3.57 Å². The van der Waals surface area contributed by atoms with Gasteiger partial charge in [0.1, 0.15) is 5.82 Å². The van der Waals surface area contributed by atoms with Gasteiger partial charge in [0, 0.05) is 31.8 Å². The molecule has 1 atom stereocenters. The monoisotopic (exact) mass is 410 g/mol. The molecule has 0 aromatic carbocycles. The van der Waals surface area contributed by atoms with Crippen LogP contribution < -0.4 is 4.90 Å². The molecule has 7 heteroatoms. The van der Waals surface area contributed by atoms with E-state index in [1.54, 1.807) is 24.1 Å². The molecule has 1 saturated heterocycles. The molecule has 1 aromatic rings. The standard InChI is InChI=1S/C12H12ClIN2O2S/c1-7(17)19-6-8-2-11(18)16(5-8)12-10(14)3-9(13)4-15-12/h3-4,8H,2,5-6H2,1H3. The Morgan fingerprint density at radius 2 is 2.42 bits per heavy atom. The summed E-state index contributed by atoms with van der Waals surface area (Å²) in [5.74, 6) is 1.60. The Morgan fingerprint density at radius 1 is 1.68 bits per heavy atom. The molecule has 1 amide bonds. The van der Waals surface area contributed by atoms with Gasteiger partial charge in [-0.05, 0) is 34.6 Å². The molecule has 1 unspecified atom stereocenters. The summed E-state index contributed by atoms with van der Waals surface area (Å²) in [7, 11) is 0. The van der Waals surface area contributed by atoms with Crippen LogP contribution in [0.15, 0.2) is 12.3 Å². The number of rotatable bonds is 3. The van der Waals surface area contributed by atoms with Crippen LogP contribution in [0.1, 0.15) is 13.3 Å². The Morgan fingerprint density at radius 3 is 3.05 bits per heavy atom. The number of halogens is 2. The van der Waals surface area contributed by atoms with Crippen LogP contribution in [-0.2, 0) is 9.59 Å². The van der Waals surface area contributed by atoms with Crippen molar-refractivity contribution in [1.82, 2.24) is 4.98 Å². The maximum absolute atomic E-state index is 12.0. The minimum atomic E-state index is 0.0573. The normalized spacial score (nSPS) is 19.0. The Hall–Kier alpha value is -0.340. The largest absolute Gasteiger partial charge is 0.296 e. The SMILES string of the molecule is CC(=O)SCC1CC(=O)N(c2ncc(Cl)cc2I)C1. The van der Waals surface area contributed by atoms with E-state index in [4.69, 9.17) is 11.6 Å². The van der Waals surface area contributed by atoms with Crippen molar-refractivity contribution in [2.45, 2.75) is 13.3 Å². The molecule has 1 fully saturated rings. The highest BCUT2D eigenvalue weighted by atomic mass is 127. The van der Waals surface area contributed by atoms with Gasteiger partial charge in [-0.15, -0.1) is 0 Å². The third-order valence-corrected chi connectivity index (χ3v) is 4.82. The van der Waals surface area contributed by atoms with Crippen LogP contribution in [0, 0.1) is 9.49 Å². The first-order valence-electron chi connectivity index (χ1n) is 5.72. The summed E-state index contributed by atoms with van der Waals surface area (Å²) >= 11 is 9.26. The summed E-state index contributed by atoms with van der Waals surface area (Å²) in [6.07, 6.45) is 2.02. The van der Waals surface area contributed by atoms with Crippen molar-refractivity contribution in [3.8, 4) is 0 Å². The van der Waals surface area contributed by atoms with Gasteiger partial charge < -0.3 is 0 Å². The van der Waals surface area contributed by atoms with Gasteiger partial charge in [-0.2, -0.15) is 0 Å². The number of thioether (sulfide) groups is 1. The Balaban J connectivity index is 2.09. The van der Waals surface area contributed by atoms with E-state index in [-0.39, 0.29) is 16.9 Å². The van der Waals surface area contributed by atoms with Crippen LogP contribution in [0.3, 0.4) is 0 Å². The number of nitrogens with zero attached hydrogens (tertiary/aromatic N) is 2. The quantitative estimate of drug-likeness (QED) is 0.719. The van der Waals surface area contributed by atoms with Crippen molar-refractivity contribution in [2.24, 2.45) is 5.92 Å². The molecule has 4 nitrogen and oxygen atoms in total. The first kappa shape index (κ1) is 15.1. The molecule has 2 rings (SSSR count). The highest BCUT2D eigenvalue weighted by molar-refractivity contribution is 14.1. The molecule has 0 spiro atoms. The molecule has 0 N–H and O–H groups in total. The topological polar surface area (TPSA) is 50.3 Å². The molecule has 1 aliphatic heterocycles. The molecule has 0 bridgehead atoms. The molecular formula is C12H12ClIN2O2S. The van der Waals surface area contributed by atoms with Crippen LogP contribution in [-0.4, -0.2) is 28.3 Å². The van der Waals surface area contributed by atoms with Gasteiger partial charge >= 0.3 is 0 Å². The zero-order chi connectivity index (χ0) is 14.0. The average molecular weight is 411 g/mol. The minimum Gasteiger partial charge on any atom is -0.296 e. The van der Waals surface area contributed by atoms with Crippen LogP contribution in [0.4, 0.5) is 5.82 Å². The van der Waals surface area contributed by atoms with Gasteiger partial charge in [0.2, 0.25) is 5.91 Å². The van der Waals surface area contributed by atoms with Crippen molar-refractivity contribution >= 4 is 62.8 Å². The van der Waals surface area contributed by atoms with Gasteiger partial charge in [-0.25, -0.2) is 4.98 Å². The van der Waals surface area contributed by atoms with Gasteiger partial charge in [0.25, 0.3) is 0 Å². The van der Waals surface area contributed by atoms with Crippen molar-refractivity contribution in [1.29, 1.82) is 0 Å². The van der Waals surface area contributed by atoms with Gasteiger partial charge in [0.15, 0.2) is 5.12 Å². The molecule has 1 aliphatic rings. The zero-order valence-electron chi connectivity index (χ0n) is 10.2. The molecule has 102 valence electrons. The summed E-state index contributed by atoms with van der Waals surface area (Å²) < 4.78 is 0.860. The Labute approximate surface area is 134 Å². The van der Waals surface area contributed by atoms with Crippen LogP contribution >= 0.6 is 46.0 Å². The molecule has 1 aromatic heterocycles. The van der Waals surface area contributed by atoms with E-state index in [9.17, 15) is 9.59 Å². The fraction of sp³-hybridized carbons (Fsp3) is 0.417. The first-order chi connectivity index (χ1) is 8.97. The Kier molecular flexibility index (Phi) is 5.08. The summed E-state index contributed by atoms with van der Waals surface area (Å²) in [5, 5.41) is 0.647. The number of anilines is 1. The second-order valence-electron chi connectivity index (χ2n) is 4.34. The number of carbonyl (C=O) groups excluding carboxylic acids is 2. The maximum atomic E-state index is 12.0. The van der Waals surface area contributed by atoms with E-state index >= 15 is 0 Å². The highest BCUT2D eigenvalue weighted by Gasteiger charge is 2.32. The van der Waals surface area contributed by atoms with Crippen molar-refractivity contribution in [2.75, 3.05) is 17.2 Å². The lowest BCUT2D eigenvalue weighted by Crippen LogP contribution is -2.26. The summed E-state index contributed by atoms with van der Waals surface area (Å²) in [4.78, 5) is 28.9.